The van der Waals surface area contributed by atoms with Gasteiger partial charge in [0, 0.05) is 16.6 Å². The minimum atomic E-state index is -1.02. The summed E-state index contributed by atoms with van der Waals surface area (Å²) in [5.41, 5.74) is 0.112. The third kappa shape index (κ3) is 4.18. The van der Waals surface area contributed by atoms with Crippen molar-refractivity contribution in [2.45, 2.75) is 31.9 Å². The molecular formula is C11H16O4S. The van der Waals surface area contributed by atoms with Gasteiger partial charge in [-0.05, 0) is 12.5 Å². The molecule has 1 aromatic rings. The monoisotopic (exact) mass is 244 g/mol. The van der Waals surface area contributed by atoms with Gasteiger partial charge in [-0.15, -0.1) is 0 Å². The number of aromatic carboxylic acids is 1. The third-order valence-corrected chi connectivity index (χ3v) is 3.53. The zero-order chi connectivity index (χ0) is 12.0. The molecule has 1 heterocycles. The predicted octanol–water partition coefficient (Wildman–Crippen LogP) is 2.42. The number of unbranched alkanes of at least 4 members (excludes halogenated alkanes) is 2. The maximum atomic E-state index is 11.6. The Balaban J connectivity index is 2.40. The van der Waals surface area contributed by atoms with Crippen molar-refractivity contribution >= 4 is 16.8 Å². The summed E-state index contributed by atoms with van der Waals surface area (Å²) in [5, 5.41) is 8.67. The first-order chi connectivity index (χ1) is 7.63. The molecule has 1 aromatic heterocycles. The van der Waals surface area contributed by atoms with Crippen molar-refractivity contribution < 1.29 is 18.5 Å². The molecule has 0 bridgehead atoms. The van der Waals surface area contributed by atoms with Crippen molar-refractivity contribution in [3.63, 3.8) is 0 Å². The second-order valence-electron chi connectivity index (χ2n) is 3.60. The molecule has 1 atom stereocenters. The average Bonchev–Trinajstić information content (AvgIpc) is 2.66. The van der Waals surface area contributed by atoms with Crippen LogP contribution in [0, 0.1) is 0 Å². The molecule has 1 rings (SSSR count). The molecular weight excluding hydrogens is 228 g/mol. The van der Waals surface area contributed by atoms with E-state index in [0.717, 1.165) is 19.3 Å². The molecule has 0 aromatic carbocycles. The summed E-state index contributed by atoms with van der Waals surface area (Å²) in [6, 6.07) is 1.43. The molecule has 4 nitrogen and oxygen atoms in total. The van der Waals surface area contributed by atoms with E-state index in [-0.39, 0.29) is 5.56 Å². The zero-order valence-electron chi connectivity index (χ0n) is 9.27. The summed E-state index contributed by atoms with van der Waals surface area (Å²) < 4.78 is 16.6. The Labute approximate surface area is 97.1 Å². The smallest absolute Gasteiger partial charge is 0.338 e. The number of carbonyl (C=O) groups is 1. The number of hydrogen-bond donors (Lipinski definition) is 1. The molecule has 0 aliphatic heterocycles. The molecule has 5 heteroatoms. The maximum absolute atomic E-state index is 11.6. The summed E-state index contributed by atoms with van der Waals surface area (Å²) in [6.45, 7) is 2.09. The lowest BCUT2D eigenvalue weighted by molar-refractivity contribution is 0.0696. The van der Waals surface area contributed by atoms with Crippen molar-refractivity contribution in [1.82, 2.24) is 0 Å². The first-order valence-corrected chi connectivity index (χ1v) is 6.78. The van der Waals surface area contributed by atoms with Crippen LogP contribution in [0.2, 0.25) is 0 Å². The molecule has 90 valence electrons. The third-order valence-electron chi connectivity index (χ3n) is 2.18. The van der Waals surface area contributed by atoms with E-state index in [1.165, 1.54) is 12.3 Å². The van der Waals surface area contributed by atoms with Gasteiger partial charge in [-0.1, -0.05) is 19.8 Å². The number of hydrogen-bond acceptors (Lipinski definition) is 3. The van der Waals surface area contributed by atoms with Gasteiger partial charge in [0.15, 0.2) is 0 Å². The summed E-state index contributed by atoms with van der Waals surface area (Å²) in [5.74, 6) is 0.410. The molecule has 0 aliphatic rings. The van der Waals surface area contributed by atoms with E-state index in [9.17, 15) is 9.00 Å². The minimum absolute atomic E-state index is 0.112. The second-order valence-corrected chi connectivity index (χ2v) is 5.18. The van der Waals surface area contributed by atoms with Crippen molar-refractivity contribution in [2.24, 2.45) is 0 Å². The largest absolute Gasteiger partial charge is 0.478 e. The highest BCUT2D eigenvalue weighted by Gasteiger charge is 2.10. The molecule has 1 unspecified atom stereocenters. The molecule has 0 saturated heterocycles. The standard InChI is InChI=1S/C11H16O4S/c1-2-3-4-5-16(14)8-10-6-9(7-15-10)11(12)13/h6-7H,2-5,8H2,1H3,(H,12,13). The molecule has 0 aliphatic carbocycles. The maximum Gasteiger partial charge on any atom is 0.338 e. The van der Waals surface area contributed by atoms with Gasteiger partial charge in [-0.3, -0.25) is 4.21 Å². The van der Waals surface area contributed by atoms with E-state index < -0.39 is 16.8 Å². The quantitative estimate of drug-likeness (QED) is 0.748. The van der Waals surface area contributed by atoms with Gasteiger partial charge in [-0.2, -0.15) is 0 Å². The van der Waals surface area contributed by atoms with Gasteiger partial charge >= 0.3 is 5.97 Å². The van der Waals surface area contributed by atoms with E-state index in [1.54, 1.807) is 0 Å². The van der Waals surface area contributed by atoms with E-state index in [4.69, 9.17) is 9.52 Å². The Hall–Kier alpha value is -1.10. The van der Waals surface area contributed by atoms with Crippen LogP contribution < -0.4 is 0 Å². The van der Waals surface area contributed by atoms with E-state index in [2.05, 4.69) is 6.92 Å². The van der Waals surface area contributed by atoms with Crippen LogP contribution in [0.5, 0.6) is 0 Å². The fraction of sp³-hybridized carbons (Fsp3) is 0.545. The van der Waals surface area contributed by atoms with Crippen LogP contribution in [0.25, 0.3) is 0 Å². The Morgan fingerprint density at radius 3 is 2.81 bits per heavy atom. The van der Waals surface area contributed by atoms with Gasteiger partial charge in [0.05, 0.1) is 11.3 Å². The number of carboxylic acid groups (broad SMARTS) is 1. The van der Waals surface area contributed by atoms with Gasteiger partial charge < -0.3 is 9.52 Å². The van der Waals surface area contributed by atoms with Gasteiger partial charge in [0.25, 0.3) is 0 Å². The average molecular weight is 244 g/mol. The lowest BCUT2D eigenvalue weighted by atomic mass is 10.3. The first-order valence-electron chi connectivity index (χ1n) is 5.29. The molecule has 0 saturated carbocycles. The highest BCUT2D eigenvalue weighted by atomic mass is 32.2. The SMILES string of the molecule is CCCCCS(=O)Cc1cc(C(=O)O)co1. The number of rotatable bonds is 7. The highest BCUT2D eigenvalue weighted by Crippen LogP contribution is 2.11. The van der Waals surface area contributed by atoms with E-state index in [1.807, 2.05) is 0 Å². The molecule has 0 amide bonds. The number of carboxylic acids is 1. The lowest BCUT2D eigenvalue weighted by Gasteiger charge is -1.98. The normalized spacial score (nSPS) is 12.6. The summed E-state index contributed by atoms with van der Waals surface area (Å²) in [4.78, 5) is 10.6. The fourth-order valence-electron chi connectivity index (χ4n) is 1.31. The molecule has 0 fully saturated rings. The van der Waals surface area contributed by atoms with Crippen molar-refractivity contribution in [3.05, 3.63) is 23.7 Å². The topological polar surface area (TPSA) is 67.5 Å². The molecule has 0 radical (unpaired) electrons. The Kier molecular flexibility index (Phi) is 5.25. The summed E-state index contributed by atoms with van der Waals surface area (Å²) in [7, 11) is -0.959. The predicted molar refractivity (Wildman–Crippen MR) is 61.9 cm³/mol. The summed E-state index contributed by atoms with van der Waals surface area (Å²) >= 11 is 0. The van der Waals surface area contributed by atoms with Gasteiger partial charge in [0.1, 0.15) is 12.0 Å². The summed E-state index contributed by atoms with van der Waals surface area (Å²) in [6.07, 6.45) is 4.29. The molecule has 0 spiro atoms. The minimum Gasteiger partial charge on any atom is -0.478 e. The number of furan rings is 1. The van der Waals surface area contributed by atoms with Gasteiger partial charge in [0.2, 0.25) is 0 Å². The van der Waals surface area contributed by atoms with Crippen LogP contribution in [0.1, 0.15) is 42.3 Å². The van der Waals surface area contributed by atoms with E-state index in [0.29, 0.717) is 17.3 Å². The van der Waals surface area contributed by atoms with Crippen LogP contribution in [-0.4, -0.2) is 21.0 Å². The zero-order valence-corrected chi connectivity index (χ0v) is 10.1. The van der Waals surface area contributed by atoms with Gasteiger partial charge in [-0.25, -0.2) is 4.79 Å². The van der Waals surface area contributed by atoms with Crippen molar-refractivity contribution in [1.29, 1.82) is 0 Å². The first kappa shape index (κ1) is 13.0. The van der Waals surface area contributed by atoms with Crippen LogP contribution in [0.3, 0.4) is 0 Å². The van der Waals surface area contributed by atoms with E-state index >= 15 is 0 Å². The Bertz CT molecular complexity index is 370. The Morgan fingerprint density at radius 1 is 1.50 bits per heavy atom. The van der Waals surface area contributed by atoms with Crippen LogP contribution >= 0.6 is 0 Å². The van der Waals surface area contributed by atoms with Crippen molar-refractivity contribution in [3.8, 4) is 0 Å². The van der Waals surface area contributed by atoms with Crippen molar-refractivity contribution in [2.75, 3.05) is 5.75 Å². The van der Waals surface area contributed by atoms with Crippen LogP contribution in [0.15, 0.2) is 16.7 Å². The Morgan fingerprint density at radius 2 is 2.25 bits per heavy atom. The highest BCUT2D eigenvalue weighted by molar-refractivity contribution is 7.84. The van der Waals surface area contributed by atoms with Crippen LogP contribution in [0.4, 0.5) is 0 Å². The molecule has 16 heavy (non-hydrogen) atoms. The van der Waals surface area contributed by atoms with Crippen LogP contribution in [-0.2, 0) is 16.6 Å². The second kappa shape index (κ2) is 6.48. The molecule has 1 N–H and O–H groups in total. The fourth-order valence-corrected chi connectivity index (χ4v) is 2.45. The lowest BCUT2D eigenvalue weighted by Crippen LogP contribution is -2.00.